The summed E-state index contributed by atoms with van der Waals surface area (Å²) in [4.78, 5) is 0. The molecule has 1 unspecified atom stereocenters. The van der Waals surface area contributed by atoms with Gasteiger partial charge in [0.25, 0.3) is 0 Å². The highest BCUT2D eigenvalue weighted by Crippen LogP contribution is 2.34. The minimum absolute atomic E-state index is 0.600. The van der Waals surface area contributed by atoms with E-state index in [9.17, 15) is 0 Å². The Morgan fingerprint density at radius 2 is 1.93 bits per heavy atom. The van der Waals surface area contributed by atoms with Crippen LogP contribution in [-0.4, -0.2) is 13.2 Å². The Morgan fingerprint density at radius 3 is 2.43 bits per heavy atom. The van der Waals surface area contributed by atoms with Crippen molar-refractivity contribution in [1.82, 2.24) is 0 Å². The summed E-state index contributed by atoms with van der Waals surface area (Å²) in [6.07, 6.45) is 2.76. The lowest BCUT2D eigenvalue weighted by atomic mass is 10.2. The predicted molar refractivity (Wildman–Crippen MR) is 58.8 cm³/mol. The van der Waals surface area contributed by atoms with Crippen LogP contribution in [0.1, 0.15) is 19.8 Å². The molecule has 76 valence electrons. The number of rotatable bonds is 4. The van der Waals surface area contributed by atoms with Gasteiger partial charge in [0.05, 0.1) is 7.11 Å². The summed E-state index contributed by atoms with van der Waals surface area (Å²) in [6.45, 7) is 2.25. The van der Waals surface area contributed by atoms with Crippen molar-refractivity contribution in [2.24, 2.45) is 5.92 Å². The molecule has 1 aromatic rings. The summed E-state index contributed by atoms with van der Waals surface area (Å²) in [6, 6.07) is 8.71. The van der Waals surface area contributed by atoms with Gasteiger partial charge in [0.2, 0.25) is 0 Å². The molecule has 0 radical (unpaired) electrons. The summed E-state index contributed by atoms with van der Waals surface area (Å²) in [5, 5.41) is 3.50. The van der Waals surface area contributed by atoms with Crippen LogP contribution in [0.15, 0.2) is 24.3 Å². The zero-order chi connectivity index (χ0) is 9.97. The third kappa shape index (κ3) is 2.19. The fourth-order valence-electron chi connectivity index (χ4n) is 1.66. The van der Waals surface area contributed by atoms with Gasteiger partial charge in [-0.15, -0.1) is 0 Å². The molecule has 1 N–H and O–H groups in total. The zero-order valence-electron chi connectivity index (χ0n) is 8.79. The highest BCUT2D eigenvalue weighted by atomic mass is 16.5. The second-order valence-electron chi connectivity index (χ2n) is 4.00. The second-order valence-corrected chi connectivity index (χ2v) is 4.00. The molecule has 2 rings (SSSR count). The molecule has 1 saturated carbocycles. The van der Waals surface area contributed by atoms with Gasteiger partial charge in [-0.05, 0) is 49.9 Å². The third-order valence-corrected chi connectivity index (χ3v) is 2.81. The summed E-state index contributed by atoms with van der Waals surface area (Å²) in [7, 11) is 1.69. The first-order valence-corrected chi connectivity index (χ1v) is 5.20. The van der Waals surface area contributed by atoms with Crippen LogP contribution in [0.5, 0.6) is 5.75 Å². The minimum Gasteiger partial charge on any atom is -0.497 e. The molecule has 0 spiro atoms. The fraction of sp³-hybridized carbons (Fsp3) is 0.500. The monoisotopic (exact) mass is 191 g/mol. The van der Waals surface area contributed by atoms with Crippen molar-refractivity contribution in [1.29, 1.82) is 0 Å². The molecule has 2 nitrogen and oxygen atoms in total. The molecule has 14 heavy (non-hydrogen) atoms. The normalized spacial score (nSPS) is 17.6. The highest BCUT2D eigenvalue weighted by molar-refractivity contribution is 5.47. The molecule has 1 aliphatic carbocycles. The van der Waals surface area contributed by atoms with Crippen LogP contribution in [0, 0.1) is 5.92 Å². The molecule has 1 atom stereocenters. The number of methoxy groups -OCH3 is 1. The van der Waals surface area contributed by atoms with Crippen molar-refractivity contribution in [3.63, 3.8) is 0 Å². The zero-order valence-corrected chi connectivity index (χ0v) is 8.79. The number of hydrogen-bond acceptors (Lipinski definition) is 2. The van der Waals surface area contributed by atoms with Gasteiger partial charge < -0.3 is 10.1 Å². The van der Waals surface area contributed by atoms with E-state index in [1.165, 1.54) is 18.5 Å². The molecular formula is C12H17NO. The van der Waals surface area contributed by atoms with Crippen molar-refractivity contribution in [2.45, 2.75) is 25.8 Å². The SMILES string of the molecule is COc1ccc(NC(C)C2CC2)cc1. The molecule has 1 aromatic carbocycles. The topological polar surface area (TPSA) is 21.3 Å². The van der Waals surface area contributed by atoms with Gasteiger partial charge in [-0.1, -0.05) is 0 Å². The summed E-state index contributed by atoms with van der Waals surface area (Å²) >= 11 is 0. The van der Waals surface area contributed by atoms with E-state index in [4.69, 9.17) is 4.74 Å². The van der Waals surface area contributed by atoms with Crippen LogP contribution < -0.4 is 10.1 Å². The Labute approximate surface area is 85.3 Å². The first-order chi connectivity index (χ1) is 6.79. The van der Waals surface area contributed by atoms with Gasteiger partial charge in [-0.25, -0.2) is 0 Å². The van der Waals surface area contributed by atoms with E-state index < -0.39 is 0 Å². The molecule has 2 heteroatoms. The highest BCUT2D eigenvalue weighted by Gasteiger charge is 2.27. The molecule has 0 aromatic heterocycles. The molecule has 1 fully saturated rings. The van der Waals surface area contributed by atoms with E-state index in [1.807, 2.05) is 12.1 Å². The van der Waals surface area contributed by atoms with Gasteiger partial charge in [0.15, 0.2) is 0 Å². The van der Waals surface area contributed by atoms with E-state index >= 15 is 0 Å². The Kier molecular flexibility index (Phi) is 2.62. The summed E-state index contributed by atoms with van der Waals surface area (Å²) < 4.78 is 5.11. The largest absolute Gasteiger partial charge is 0.497 e. The Hall–Kier alpha value is -1.18. The van der Waals surface area contributed by atoms with Gasteiger partial charge in [0, 0.05) is 11.7 Å². The average molecular weight is 191 g/mol. The standard InChI is InChI=1S/C12H17NO/c1-9(10-3-4-10)13-11-5-7-12(14-2)8-6-11/h5-10,13H,3-4H2,1-2H3. The first kappa shape index (κ1) is 9.38. The van der Waals surface area contributed by atoms with Crippen LogP contribution in [0.3, 0.4) is 0 Å². The van der Waals surface area contributed by atoms with Gasteiger partial charge >= 0.3 is 0 Å². The van der Waals surface area contributed by atoms with Gasteiger partial charge in [-0.3, -0.25) is 0 Å². The Morgan fingerprint density at radius 1 is 1.29 bits per heavy atom. The Balaban J connectivity index is 1.95. The van der Waals surface area contributed by atoms with Crippen LogP contribution in [0.2, 0.25) is 0 Å². The van der Waals surface area contributed by atoms with E-state index in [2.05, 4.69) is 24.4 Å². The van der Waals surface area contributed by atoms with Crippen molar-refractivity contribution in [3.8, 4) is 5.75 Å². The van der Waals surface area contributed by atoms with Crippen LogP contribution in [0.25, 0.3) is 0 Å². The number of hydrogen-bond donors (Lipinski definition) is 1. The molecule has 0 saturated heterocycles. The summed E-state index contributed by atoms with van der Waals surface area (Å²) in [5.41, 5.74) is 1.19. The Bertz CT molecular complexity index is 290. The molecule has 0 amide bonds. The molecule has 0 bridgehead atoms. The minimum atomic E-state index is 0.600. The maximum atomic E-state index is 5.11. The first-order valence-electron chi connectivity index (χ1n) is 5.20. The van der Waals surface area contributed by atoms with Gasteiger partial charge in [0.1, 0.15) is 5.75 Å². The van der Waals surface area contributed by atoms with Crippen molar-refractivity contribution in [2.75, 3.05) is 12.4 Å². The second kappa shape index (κ2) is 3.91. The lowest BCUT2D eigenvalue weighted by molar-refractivity contribution is 0.415. The number of ether oxygens (including phenoxy) is 1. The van der Waals surface area contributed by atoms with Crippen LogP contribution in [-0.2, 0) is 0 Å². The molecule has 1 aliphatic rings. The van der Waals surface area contributed by atoms with E-state index in [1.54, 1.807) is 7.11 Å². The molecule has 0 heterocycles. The maximum absolute atomic E-state index is 5.11. The maximum Gasteiger partial charge on any atom is 0.119 e. The van der Waals surface area contributed by atoms with E-state index in [0.717, 1.165) is 11.7 Å². The average Bonchev–Trinajstić information content (AvgIpc) is 3.02. The third-order valence-electron chi connectivity index (χ3n) is 2.81. The summed E-state index contributed by atoms with van der Waals surface area (Å²) in [5.74, 6) is 1.80. The van der Waals surface area contributed by atoms with Gasteiger partial charge in [-0.2, -0.15) is 0 Å². The quantitative estimate of drug-likeness (QED) is 0.790. The van der Waals surface area contributed by atoms with E-state index in [0.29, 0.717) is 6.04 Å². The van der Waals surface area contributed by atoms with Crippen molar-refractivity contribution in [3.05, 3.63) is 24.3 Å². The lowest BCUT2D eigenvalue weighted by Crippen LogP contribution is -2.16. The van der Waals surface area contributed by atoms with E-state index in [-0.39, 0.29) is 0 Å². The molecule has 0 aliphatic heterocycles. The number of benzene rings is 1. The van der Waals surface area contributed by atoms with Crippen LogP contribution >= 0.6 is 0 Å². The fourth-order valence-corrected chi connectivity index (χ4v) is 1.66. The van der Waals surface area contributed by atoms with Crippen LogP contribution in [0.4, 0.5) is 5.69 Å². The van der Waals surface area contributed by atoms with Crippen molar-refractivity contribution < 1.29 is 4.74 Å². The smallest absolute Gasteiger partial charge is 0.119 e. The number of anilines is 1. The van der Waals surface area contributed by atoms with Crippen molar-refractivity contribution >= 4 is 5.69 Å². The molecular weight excluding hydrogens is 174 g/mol. The number of nitrogens with one attached hydrogen (secondary N) is 1. The predicted octanol–water partition coefficient (Wildman–Crippen LogP) is 2.91. The lowest BCUT2D eigenvalue weighted by Gasteiger charge is -2.14.